The average molecular weight is 235 g/mol. The van der Waals surface area contributed by atoms with Crippen molar-refractivity contribution in [2.45, 2.75) is 13.8 Å². The van der Waals surface area contributed by atoms with Gasteiger partial charge in [-0.05, 0) is 19.4 Å². The molecule has 0 aromatic carbocycles. The molecule has 0 saturated carbocycles. The van der Waals surface area contributed by atoms with Crippen LogP contribution in [-0.4, -0.2) is 14.6 Å². The zero-order valence-electron chi connectivity index (χ0n) is 7.89. The van der Waals surface area contributed by atoms with E-state index >= 15 is 0 Å². The summed E-state index contributed by atoms with van der Waals surface area (Å²) in [6, 6.07) is 0. The molecule has 78 valence electrons. The van der Waals surface area contributed by atoms with E-state index in [4.69, 9.17) is 5.73 Å². The van der Waals surface area contributed by atoms with E-state index in [1.807, 2.05) is 20.0 Å². The van der Waals surface area contributed by atoms with Crippen LogP contribution >= 0.6 is 24.8 Å². The third kappa shape index (κ3) is 1.91. The maximum Gasteiger partial charge on any atom is 0.178 e. The first-order valence-electron chi connectivity index (χ1n) is 3.75. The van der Waals surface area contributed by atoms with Gasteiger partial charge < -0.3 is 5.73 Å². The molecule has 2 aromatic rings. The van der Waals surface area contributed by atoms with Gasteiger partial charge in [0.05, 0.1) is 11.9 Å². The topological polar surface area (TPSA) is 56.2 Å². The highest BCUT2D eigenvalue weighted by Gasteiger charge is 2.03. The smallest absolute Gasteiger partial charge is 0.178 e. The van der Waals surface area contributed by atoms with Gasteiger partial charge in [0.25, 0.3) is 0 Å². The molecule has 4 nitrogen and oxygen atoms in total. The van der Waals surface area contributed by atoms with Crippen LogP contribution in [0.5, 0.6) is 0 Å². The summed E-state index contributed by atoms with van der Waals surface area (Å²) in [5.74, 6) is 0. The average Bonchev–Trinajstić information content (AvgIpc) is 2.35. The molecule has 14 heavy (non-hydrogen) atoms. The van der Waals surface area contributed by atoms with E-state index in [1.54, 1.807) is 10.7 Å². The molecule has 2 heterocycles. The summed E-state index contributed by atoms with van der Waals surface area (Å²) in [5.41, 5.74) is 9.12. The van der Waals surface area contributed by atoms with Crippen LogP contribution in [0.4, 0.5) is 5.69 Å². The van der Waals surface area contributed by atoms with Crippen molar-refractivity contribution in [1.29, 1.82) is 0 Å². The highest BCUT2D eigenvalue weighted by atomic mass is 35.5. The molecule has 6 heteroatoms. The summed E-state index contributed by atoms with van der Waals surface area (Å²) >= 11 is 0. The van der Waals surface area contributed by atoms with Crippen molar-refractivity contribution in [3.05, 3.63) is 23.7 Å². The van der Waals surface area contributed by atoms with Gasteiger partial charge in [-0.2, -0.15) is 5.10 Å². The number of nitrogen functional groups attached to an aromatic ring is 1. The summed E-state index contributed by atoms with van der Waals surface area (Å²) in [7, 11) is 0. The fourth-order valence-electron chi connectivity index (χ4n) is 1.10. The quantitative estimate of drug-likeness (QED) is 0.757. The van der Waals surface area contributed by atoms with E-state index in [0.29, 0.717) is 5.69 Å². The number of hydrogen-bond acceptors (Lipinski definition) is 3. The molecule has 0 radical (unpaired) electrons. The lowest BCUT2D eigenvalue weighted by Gasteiger charge is -1.99. The normalized spacial score (nSPS) is 9.29. The zero-order valence-corrected chi connectivity index (χ0v) is 9.52. The molecular weight excluding hydrogens is 223 g/mol. The van der Waals surface area contributed by atoms with E-state index in [1.165, 1.54) is 0 Å². The monoisotopic (exact) mass is 234 g/mol. The number of aryl methyl sites for hydroxylation is 2. The first-order valence-corrected chi connectivity index (χ1v) is 3.75. The van der Waals surface area contributed by atoms with Gasteiger partial charge in [-0.1, -0.05) is 0 Å². The Bertz CT molecular complexity index is 438. The Morgan fingerprint density at radius 1 is 1.29 bits per heavy atom. The van der Waals surface area contributed by atoms with Crippen molar-refractivity contribution >= 4 is 36.1 Å². The van der Waals surface area contributed by atoms with Crippen molar-refractivity contribution in [2.24, 2.45) is 0 Å². The largest absolute Gasteiger partial charge is 0.394 e. The number of hydrogen-bond donors (Lipinski definition) is 1. The summed E-state index contributed by atoms with van der Waals surface area (Å²) in [6.45, 7) is 3.96. The van der Waals surface area contributed by atoms with Crippen LogP contribution in [0, 0.1) is 13.8 Å². The van der Waals surface area contributed by atoms with Gasteiger partial charge in [0, 0.05) is 11.9 Å². The second kappa shape index (κ2) is 4.48. The van der Waals surface area contributed by atoms with Crippen molar-refractivity contribution < 1.29 is 0 Å². The molecule has 2 N–H and O–H groups in total. The molecule has 0 spiro atoms. The summed E-state index contributed by atoms with van der Waals surface area (Å²) in [6.07, 6.45) is 3.54. The number of aromatic nitrogens is 3. The highest BCUT2D eigenvalue weighted by molar-refractivity contribution is 5.85. The molecule has 0 aliphatic rings. The van der Waals surface area contributed by atoms with E-state index in [2.05, 4.69) is 10.1 Å². The molecule has 2 aromatic heterocycles. The van der Waals surface area contributed by atoms with Gasteiger partial charge in [0.1, 0.15) is 0 Å². The fourth-order valence-corrected chi connectivity index (χ4v) is 1.10. The van der Waals surface area contributed by atoms with Crippen LogP contribution in [0.1, 0.15) is 11.3 Å². The molecule has 0 aliphatic carbocycles. The predicted molar refractivity (Wildman–Crippen MR) is 61.4 cm³/mol. The van der Waals surface area contributed by atoms with Crippen LogP contribution in [0.3, 0.4) is 0 Å². The number of nitrogens with zero attached hydrogens (tertiary/aromatic N) is 3. The van der Waals surface area contributed by atoms with Crippen LogP contribution in [0.25, 0.3) is 5.65 Å². The van der Waals surface area contributed by atoms with E-state index in [9.17, 15) is 0 Å². The number of fused-ring (bicyclic) bond motifs is 1. The lowest BCUT2D eigenvalue weighted by Crippen LogP contribution is -1.96. The van der Waals surface area contributed by atoms with Crippen molar-refractivity contribution in [3.8, 4) is 0 Å². The van der Waals surface area contributed by atoms with Crippen LogP contribution in [0.2, 0.25) is 0 Å². The molecule has 2 rings (SSSR count). The maximum absolute atomic E-state index is 5.65. The molecule has 0 bridgehead atoms. The SMILES string of the molecule is Cc1cn2ncc(N)c2nc1C.Cl.Cl. The van der Waals surface area contributed by atoms with Gasteiger partial charge in [-0.25, -0.2) is 9.50 Å². The van der Waals surface area contributed by atoms with Gasteiger partial charge in [-0.3, -0.25) is 0 Å². The summed E-state index contributed by atoms with van der Waals surface area (Å²) in [4.78, 5) is 4.31. The zero-order chi connectivity index (χ0) is 8.72. The third-order valence-electron chi connectivity index (χ3n) is 1.96. The molecule has 0 amide bonds. The van der Waals surface area contributed by atoms with Crippen LogP contribution < -0.4 is 5.73 Å². The molecule has 0 unspecified atom stereocenters. The van der Waals surface area contributed by atoms with Gasteiger partial charge in [0.15, 0.2) is 5.65 Å². The summed E-state index contributed by atoms with van der Waals surface area (Å²) < 4.78 is 1.69. The molecular formula is C8H12Cl2N4. The van der Waals surface area contributed by atoms with E-state index in [-0.39, 0.29) is 24.8 Å². The lowest BCUT2D eigenvalue weighted by molar-refractivity contribution is 0.915. The minimum absolute atomic E-state index is 0. The van der Waals surface area contributed by atoms with Crippen molar-refractivity contribution in [2.75, 3.05) is 5.73 Å². The summed E-state index contributed by atoms with van der Waals surface area (Å²) in [5, 5.41) is 4.05. The second-order valence-electron chi connectivity index (χ2n) is 2.88. The van der Waals surface area contributed by atoms with E-state index < -0.39 is 0 Å². The Balaban J connectivity index is 0.000000845. The standard InChI is InChI=1S/C8H10N4.2ClH/c1-5-4-12-8(11-6(5)2)7(9)3-10-12;;/h3-4H,9H2,1-2H3;2*1H. The van der Waals surface area contributed by atoms with Gasteiger partial charge >= 0.3 is 0 Å². The number of halogens is 2. The Labute approximate surface area is 94.3 Å². The van der Waals surface area contributed by atoms with E-state index in [0.717, 1.165) is 16.9 Å². The predicted octanol–water partition coefficient (Wildman–Crippen LogP) is 1.77. The minimum Gasteiger partial charge on any atom is -0.394 e. The molecule has 0 fully saturated rings. The van der Waals surface area contributed by atoms with Gasteiger partial charge in [-0.15, -0.1) is 24.8 Å². The molecule has 0 saturated heterocycles. The third-order valence-corrected chi connectivity index (χ3v) is 1.96. The van der Waals surface area contributed by atoms with Crippen LogP contribution in [-0.2, 0) is 0 Å². The Morgan fingerprint density at radius 2 is 1.93 bits per heavy atom. The first-order chi connectivity index (χ1) is 5.68. The highest BCUT2D eigenvalue weighted by Crippen LogP contribution is 2.12. The number of rotatable bonds is 0. The molecule has 0 aliphatic heterocycles. The first kappa shape index (κ1) is 13.0. The Hall–Kier alpha value is -1.00. The fraction of sp³-hybridized carbons (Fsp3) is 0.250. The Kier molecular flexibility index (Phi) is 4.16. The molecule has 0 atom stereocenters. The maximum atomic E-state index is 5.65. The van der Waals surface area contributed by atoms with Crippen molar-refractivity contribution in [1.82, 2.24) is 14.6 Å². The number of anilines is 1. The van der Waals surface area contributed by atoms with Crippen molar-refractivity contribution in [3.63, 3.8) is 0 Å². The van der Waals surface area contributed by atoms with Crippen LogP contribution in [0.15, 0.2) is 12.4 Å². The minimum atomic E-state index is 0. The Morgan fingerprint density at radius 3 is 2.57 bits per heavy atom. The second-order valence-corrected chi connectivity index (χ2v) is 2.88. The van der Waals surface area contributed by atoms with Gasteiger partial charge in [0.2, 0.25) is 0 Å². The number of nitrogens with two attached hydrogens (primary N) is 1. The lowest BCUT2D eigenvalue weighted by atomic mass is 10.3.